The van der Waals surface area contributed by atoms with Crippen molar-refractivity contribution in [2.24, 2.45) is 22.7 Å². The summed E-state index contributed by atoms with van der Waals surface area (Å²) in [5, 5.41) is 11.5. The molecule has 0 aromatic heterocycles. The summed E-state index contributed by atoms with van der Waals surface area (Å²) in [6.45, 7) is 6.97. The summed E-state index contributed by atoms with van der Waals surface area (Å²) in [5.74, 6) is -2.63. The minimum atomic E-state index is -1.97. The summed E-state index contributed by atoms with van der Waals surface area (Å²) in [6, 6.07) is 0. The monoisotopic (exact) mass is 518 g/mol. The molecule has 34 heavy (non-hydrogen) atoms. The number of carbonyl (C=O) groups excluding carboxylic acids is 3. The first kappa shape index (κ1) is 25.9. The number of ketones is 1. The first-order valence-corrected chi connectivity index (χ1v) is 12.9. The van der Waals surface area contributed by atoms with Gasteiger partial charge < -0.3 is 14.6 Å². The van der Waals surface area contributed by atoms with Gasteiger partial charge in [-0.15, -0.1) is 0 Å². The standard InChI is InChI=1S/C25H33Cl2FO6/c1-13(2)33-21(32)24(34-20(31)19(26)27)10-8-16-17-6-5-14-11-15(29)7-9-22(14,3)25(17,28)18(30)12-23(16,24)4/h11,13,16-19,30H,5-10,12H2,1-4H3/t16-,17-,18-,22-,23-,24-,25-/m0/s1. The number of hydrogen-bond acceptors (Lipinski definition) is 6. The van der Waals surface area contributed by atoms with Crippen LogP contribution >= 0.6 is 23.2 Å². The molecule has 0 bridgehead atoms. The summed E-state index contributed by atoms with van der Waals surface area (Å²) in [5.41, 5.74) is -5.00. The van der Waals surface area contributed by atoms with E-state index in [1.165, 1.54) is 0 Å². The lowest BCUT2D eigenvalue weighted by Crippen LogP contribution is -2.70. The lowest BCUT2D eigenvalue weighted by molar-refractivity contribution is -0.239. The van der Waals surface area contributed by atoms with E-state index in [9.17, 15) is 19.5 Å². The topological polar surface area (TPSA) is 89.9 Å². The van der Waals surface area contributed by atoms with Crippen LogP contribution in [-0.2, 0) is 23.9 Å². The largest absolute Gasteiger partial charge is 0.460 e. The Bertz CT molecular complexity index is 936. The van der Waals surface area contributed by atoms with E-state index in [0.29, 0.717) is 25.7 Å². The van der Waals surface area contributed by atoms with Crippen molar-refractivity contribution in [3.8, 4) is 0 Å². The number of fused-ring (bicyclic) bond motifs is 5. The van der Waals surface area contributed by atoms with Crippen molar-refractivity contribution in [1.82, 2.24) is 0 Å². The van der Waals surface area contributed by atoms with Gasteiger partial charge in [0.15, 0.2) is 5.78 Å². The molecule has 0 unspecified atom stereocenters. The zero-order valence-electron chi connectivity index (χ0n) is 20.0. The Labute approximate surface area is 209 Å². The minimum absolute atomic E-state index is 0.00964. The maximum Gasteiger partial charge on any atom is 0.351 e. The van der Waals surface area contributed by atoms with Gasteiger partial charge in [0.05, 0.1) is 12.2 Å². The summed E-state index contributed by atoms with van der Waals surface area (Å²) >= 11 is 11.5. The highest BCUT2D eigenvalue weighted by atomic mass is 35.5. The fourth-order valence-corrected chi connectivity index (χ4v) is 7.72. The summed E-state index contributed by atoms with van der Waals surface area (Å²) in [7, 11) is 0. The van der Waals surface area contributed by atoms with Crippen LogP contribution in [0.2, 0.25) is 0 Å². The summed E-state index contributed by atoms with van der Waals surface area (Å²) in [4.78, 5) is 36.6. The second kappa shape index (κ2) is 8.45. The first-order chi connectivity index (χ1) is 15.7. The Hall–Kier alpha value is -1.18. The first-order valence-electron chi connectivity index (χ1n) is 12.1. The molecule has 4 rings (SSSR count). The second-order valence-corrected chi connectivity index (χ2v) is 12.3. The zero-order chi connectivity index (χ0) is 25.3. The Kier molecular flexibility index (Phi) is 6.43. The summed E-state index contributed by atoms with van der Waals surface area (Å²) in [6.07, 6.45) is 1.66. The zero-order valence-corrected chi connectivity index (χ0v) is 21.5. The lowest BCUT2D eigenvalue weighted by Gasteiger charge is -2.63. The Morgan fingerprint density at radius 1 is 1.15 bits per heavy atom. The number of hydrogen-bond donors (Lipinski definition) is 1. The lowest BCUT2D eigenvalue weighted by atomic mass is 9.44. The predicted molar refractivity (Wildman–Crippen MR) is 124 cm³/mol. The third-order valence-electron chi connectivity index (χ3n) is 9.29. The fourth-order valence-electron chi connectivity index (χ4n) is 7.63. The number of ether oxygens (including phenoxy) is 2. The van der Waals surface area contributed by atoms with E-state index in [1.807, 2.05) is 6.92 Å². The van der Waals surface area contributed by atoms with Gasteiger partial charge in [0.25, 0.3) is 0 Å². The van der Waals surface area contributed by atoms with Gasteiger partial charge in [-0.05, 0) is 64.4 Å². The molecule has 0 heterocycles. The minimum Gasteiger partial charge on any atom is -0.460 e. The number of halogens is 3. The average Bonchev–Trinajstić information content (AvgIpc) is 3.02. The van der Waals surface area contributed by atoms with Crippen LogP contribution in [0.1, 0.15) is 72.6 Å². The van der Waals surface area contributed by atoms with Crippen molar-refractivity contribution < 1.29 is 33.4 Å². The smallest absolute Gasteiger partial charge is 0.351 e. The highest BCUT2D eigenvalue weighted by Crippen LogP contribution is 2.71. The molecule has 0 radical (unpaired) electrons. The maximum atomic E-state index is 17.3. The number of esters is 2. The van der Waals surface area contributed by atoms with Crippen molar-refractivity contribution >= 4 is 40.9 Å². The van der Waals surface area contributed by atoms with Gasteiger partial charge in [-0.2, -0.15) is 0 Å². The highest BCUT2D eigenvalue weighted by molar-refractivity contribution is 6.53. The van der Waals surface area contributed by atoms with Crippen LogP contribution in [0.3, 0.4) is 0 Å². The molecule has 7 atom stereocenters. The molecule has 6 nitrogen and oxygen atoms in total. The number of aliphatic hydroxyl groups excluding tert-OH is 1. The maximum absolute atomic E-state index is 17.3. The molecule has 0 aromatic carbocycles. The molecular formula is C25H33Cl2FO6. The van der Waals surface area contributed by atoms with E-state index in [4.69, 9.17) is 32.7 Å². The number of aliphatic hydroxyl groups is 1. The molecule has 3 saturated carbocycles. The van der Waals surface area contributed by atoms with E-state index < -0.39 is 57.0 Å². The molecule has 9 heteroatoms. The van der Waals surface area contributed by atoms with Crippen LogP contribution < -0.4 is 0 Å². The Morgan fingerprint density at radius 3 is 2.44 bits per heavy atom. The second-order valence-electron chi connectivity index (χ2n) is 11.2. The van der Waals surface area contributed by atoms with Crippen molar-refractivity contribution in [2.45, 2.75) is 101 Å². The number of carbonyl (C=O) groups is 3. The van der Waals surface area contributed by atoms with Crippen LogP contribution in [0.5, 0.6) is 0 Å². The molecule has 4 aliphatic carbocycles. The van der Waals surface area contributed by atoms with Crippen LogP contribution in [0.4, 0.5) is 4.39 Å². The van der Waals surface area contributed by atoms with E-state index in [-0.39, 0.29) is 31.0 Å². The highest BCUT2D eigenvalue weighted by Gasteiger charge is 2.76. The molecule has 4 aliphatic rings. The predicted octanol–water partition coefficient (Wildman–Crippen LogP) is 4.62. The van der Waals surface area contributed by atoms with Crippen LogP contribution in [0.15, 0.2) is 11.6 Å². The van der Waals surface area contributed by atoms with Crippen molar-refractivity contribution in [3.63, 3.8) is 0 Å². The fraction of sp³-hybridized carbons (Fsp3) is 0.800. The quantitative estimate of drug-likeness (QED) is 0.431. The van der Waals surface area contributed by atoms with Gasteiger partial charge >= 0.3 is 11.9 Å². The molecule has 0 aliphatic heterocycles. The van der Waals surface area contributed by atoms with Gasteiger partial charge in [0.2, 0.25) is 10.4 Å². The Morgan fingerprint density at radius 2 is 1.82 bits per heavy atom. The van der Waals surface area contributed by atoms with Crippen LogP contribution in [-0.4, -0.2) is 51.1 Å². The van der Waals surface area contributed by atoms with E-state index in [1.54, 1.807) is 26.8 Å². The summed E-state index contributed by atoms with van der Waals surface area (Å²) < 4.78 is 28.5. The van der Waals surface area contributed by atoms with Gasteiger partial charge in [-0.1, -0.05) is 42.6 Å². The van der Waals surface area contributed by atoms with Crippen molar-refractivity contribution in [3.05, 3.63) is 11.6 Å². The molecule has 0 amide bonds. The average molecular weight is 519 g/mol. The van der Waals surface area contributed by atoms with Crippen LogP contribution in [0.25, 0.3) is 0 Å². The molecule has 0 aromatic rings. The van der Waals surface area contributed by atoms with E-state index in [0.717, 1.165) is 5.57 Å². The van der Waals surface area contributed by atoms with Gasteiger partial charge in [-0.3, -0.25) is 4.79 Å². The van der Waals surface area contributed by atoms with Crippen molar-refractivity contribution in [2.75, 3.05) is 0 Å². The number of allylic oxidation sites excluding steroid dienone is 1. The molecular weight excluding hydrogens is 486 g/mol. The van der Waals surface area contributed by atoms with Gasteiger partial charge in [-0.25, -0.2) is 14.0 Å². The van der Waals surface area contributed by atoms with Crippen molar-refractivity contribution in [1.29, 1.82) is 0 Å². The van der Waals surface area contributed by atoms with E-state index in [2.05, 4.69) is 0 Å². The third kappa shape index (κ3) is 3.40. The number of rotatable bonds is 4. The SMILES string of the molecule is CC(C)OC(=O)[C@@]1(OC(=O)C(Cl)Cl)CC[C@H]2[C@@H]3CCC4=CC(=O)CC[C@]4(C)[C@@]3(F)[C@@H](O)C[C@@]21C. The van der Waals surface area contributed by atoms with E-state index >= 15 is 4.39 Å². The molecule has 0 spiro atoms. The third-order valence-corrected chi connectivity index (χ3v) is 9.64. The Balaban J connectivity index is 1.79. The van der Waals surface area contributed by atoms with Gasteiger partial charge in [0, 0.05) is 23.2 Å². The van der Waals surface area contributed by atoms with Gasteiger partial charge in [0.1, 0.15) is 5.67 Å². The number of alkyl halides is 3. The molecule has 1 N–H and O–H groups in total. The normalized spacial score (nSPS) is 43.6. The molecule has 0 saturated heterocycles. The molecule has 190 valence electrons. The van der Waals surface area contributed by atoms with Crippen LogP contribution in [0, 0.1) is 22.7 Å². The molecule has 3 fully saturated rings.